The molecule has 1 aliphatic heterocycles. The minimum absolute atomic E-state index is 0.0818. The highest BCUT2D eigenvalue weighted by Gasteiger charge is 2.64. The predicted molar refractivity (Wildman–Crippen MR) is 95.1 cm³/mol. The van der Waals surface area contributed by atoms with Crippen molar-refractivity contribution < 1.29 is 10.2 Å². The van der Waals surface area contributed by atoms with Crippen molar-refractivity contribution in [2.75, 3.05) is 6.54 Å². The van der Waals surface area contributed by atoms with Gasteiger partial charge in [0.1, 0.15) is 0 Å². The van der Waals surface area contributed by atoms with Gasteiger partial charge in [0.15, 0.2) is 11.5 Å². The van der Waals surface area contributed by atoms with E-state index in [-0.39, 0.29) is 16.8 Å². The summed E-state index contributed by atoms with van der Waals surface area (Å²) in [6, 6.07) is 0. The van der Waals surface area contributed by atoms with E-state index < -0.39 is 0 Å². The van der Waals surface area contributed by atoms with E-state index in [4.69, 9.17) is 4.99 Å². The van der Waals surface area contributed by atoms with Crippen LogP contribution in [0.1, 0.15) is 46.5 Å². The summed E-state index contributed by atoms with van der Waals surface area (Å²) in [5.41, 5.74) is 1.79. The molecule has 0 radical (unpaired) electrons. The van der Waals surface area contributed by atoms with Crippen LogP contribution in [0.5, 0.6) is 0 Å². The quantitative estimate of drug-likeness (QED) is 0.380. The molecule has 1 saturated carbocycles. The number of hydrogen-bond donors (Lipinski definition) is 2. The van der Waals surface area contributed by atoms with Crippen LogP contribution < -0.4 is 0 Å². The Morgan fingerprint density at radius 1 is 1.36 bits per heavy atom. The summed E-state index contributed by atoms with van der Waals surface area (Å²) in [5, 5.41) is 20.1. The van der Waals surface area contributed by atoms with E-state index in [9.17, 15) is 10.2 Å². The summed E-state index contributed by atoms with van der Waals surface area (Å²) in [5.74, 6) is 0.586. The average Bonchev–Trinajstić information content (AvgIpc) is 3.43. The standard InChI is InChI=1S/C18H28BNO2/c1-5-8-9-15(21)16(22)13(4)18(6-2)17(19(18)7-3)20-12-14-10-11-14/h8-9,14,21-22H,4-7,10-12H2,1-3H3/b9-8-,16-15-,20-17?/t18-/m1/s1. The molecule has 2 aliphatic rings. The number of aliphatic hydroxyl groups excluding tert-OH is 2. The molecule has 1 aliphatic carbocycles. The van der Waals surface area contributed by atoms with Crippen LogP contribution in [-0.4, -0.2) is 29.1 Å². The first-order valence-corrected chi connectivity index (χ1v) is 8.56. The maximum Gasteiger partial charge on any atom is 0.210 e. The van der Waals surface area contributed by atoms with Crippen LogP contribution >= 0.6 is 0 Å². The fourth-order valence-corrected chi connectivity index (χ4v) is 3.43. The Kier molecular flexibility index (Phi) is 5.20. The molecular weight excluding hydrogens is 273 g/mol. The molecule has 4 heteroatoms. The smallest absolute Gasteiger partial charge is 0.210 e. The third kappa shape index (κ3) is 3.01. The molecular formula is C18H28BNO2. The Hall–Kier alpha value is -1.45. The molecule has 0 aromatic heterocycles. The minimum Gasteiger partial charge on any atom is -0.504 e. The maximum absolute atomic E-state index is 10.4. The molecule has 3 nitrogen and oxygen atoms in total. The molecule has 2 N–H and O–H groups in total. The normalized spacial score (nSPS) is 27.4. The lowest BCUT2D eigenvalue weighted by atomic mass is 9.56. The molecule has 0 bridgehead atoms. The van der Waals surface area contributed by atoms with Gasteiger partial charge in [-0.15, -0.1) is 0 Å². The zero-order valence-electron chi connectivity index (χ0n) is 14.1. The molecule has 1 atom stereocenters. The number of allylic oxidation sites excluding steroid dienone is 3. The SMILES string of the molecule is C=C(/C(O)=C(O)\C=C/CC)[C@@]1(CC)B(CC)C1=NCC1CC1. The van der Waals surface area contributed by atoms with Crippen molar-refractivity contribution in [3.8, 4) is 0 Å². The largest absolute Gasteiger partial charge is 0.504 e. The van der Waals surface area contributed by atoms with Gasteiger partial charge < -0.3 is 15.2 Å². The highest BCUT2D eigenvalue weighted by Crippen LogP contribution is 2.60. The lowest BCUT2D eigenvalue weighted by Gasteiger charge is -2.17. The summed E-state index contributed by atoms with van der Waals surface area (Å²) < 4.78 is 0. The second kappa shape index (κ2) is 6.76. The van der Waals surface area contributed by atoms with E-state index in [1.165, 1.54) is 18.5 Å². The van der Waals surface area contributed by atoms with E-state index in [1.807, 2.05) is 13.0 Å². The van der Waals surface area contributed by atoms with Crippen LogP contribution in [0.4, 0.5) is 0 Å². The molecule has 0 spiro atoms. The zero-order chi connectivity index (χ0) is 16.3. The maximum atomic E-state index is 10.4. The third-order valence-corrected chi connectivity index (χ3v) is 5.06. The predicted octanol–water partition coefficient (Wildman–Crippen LogP) is 4.91. The first-order valence-electron chi connectivity index (χ1n) is 8.56. The Labute approximate surface area is 134 Å². The molecule has 120 valence electrons. The van der Waals surface area contributed by atoms with Gasteiger partial charge >= 0.3 is 0 Å². The highest BCUT2D eigenvalue weighted by atomic mass is 16.3. The zero-order valence-corrected chi connectivity index (χ0v) is 14.1. The summed E-state index contributed by atoms with van der Waals surface area (Å²) in [6.45, 7) is 11.6. The fourth-order valence-electron chi connectivity index (χ4n) is 3.43. The van der Waals surface area contributed by atoms with Crippen LogP contribution in [0.2, 0.25) is 11.6 Å². The van der Waals surface area contributed by atoms with Crippen molar-refractivity contribution in [2.45, 2.75) is 58.1 Å². The number of rotatable bonds is 8. The van der Waals surface area contributed by atoms with Crippen molar-refractivity contribution in [3.63, 3.8) is 0 Å². The molecule has 1 heterocycles. The number of nitrogens with zero attached hydrogens (tertiary/aromatic N) is 1. The van der Waals surface area contributed by atoms with E-state index in [1.54, 1.807) is 6.08 Å². The van der Waals surface area contributed by atoms with E-state index in [0.717, 1.165) is 31.6 Å². The van der Waals surface area contributed by atoms with Gasteiger partial charge in [0, 0.05) is 11.9 Å². The highest BCUT2D eigenvalue weighted by molar-refractivity contribution is 7.14. The minimum atomic E-state index is -0.248. The monoisotopic (exact) mass is 301 g/mol. The fraction of sp³-hybridized carbons (Fsp3) is 0.611. The van der Waals surface area contributed by atoms with E-state index in [0.29, 0.717) is 12.3 Å². The summed E-state index contributed by atoms with van der Waals surface area (Å²) >= 11 is 0. The Bertz CT molecular complexity index is 531. The number of aliphatic imine (C=N–C) groups is 1. The van der Waals surface area contributed by atoms with Gasteiger partial charge in [-0.1, -0.05) is 39.7 Å². The van der Waals surface area contributed by atoms with Crippen LogP contribution in [0.15, 0.2) is 40.8 Å². The first-order chi connectivity index (χ1) is 10.5. The van der Waals surface area contributed by atoms with Crippen LogP contribution in [-0.2, 0) is 0 Å². The topological polar surface area (TPSA) is 52.8 Å². The first kappa shape index (κ1) is 16.9. The Balaban J connectivity index is 2.23. The Morgan fingerprint density at radius 2 is 2.05 bits per heavy atom. The summed E-state index contributed by atoms with van der Waals surface area (Å²) in [4.78, 5) is 4.82. The van der Waals surface area contributed by atoms with Crippen LogP contribution in [0.3, 0.4) is 0 Å². The Morgan fingerprint density at radius 3 is 2.55 bits per heavy atom. The van der Waals surface area contributed by atoms with Gasteiger partial charge in [-0.05, 0) is 48.9 Å². The van der Waals surface area contributed by atoms with Crippen molar-refractivity contribution in [1.29, 1.82) is 0 Å². The summed E-state index contributed by atoms with van der Waals surface area (Å²) in [7, 11) is 0. The van der Waals surface area contributed by atoms with Gasteiger partial charge in [-0.2, -0.15) is 0 Å². The molecule has 22 heavy (non-hydrogen) atoms. The lowest BCUT2D eigenvalue weighted by Crippen LogP contribution is -2.08. The summed E-state index contributed by atoms with van der Waals surface area (Å²) in [6.07, 6.45) is 8.63. The third-order valence-electron chi connectivity index (χ3n) is 5.06. The second-order valence-electron chi connectivity index (χ2n) is 6.48. The van der Waals surface area contributed by atoms with E-state index in [2.05, 4.69) is 20.4 Å². The average molecular weight is 301 g/mol. The van der Waals surface area contributed by atoms with Crippen molar-refractivity contribution in [2.24, 2.45) is 10.9 Å². The second-order valence-corrected chi connectivity index (χ2v) is 6.48. The van der Waals surface area contributed by atoms with Crippen molar-refractivity contribution in [1.82, 2.24) is 0 Å². The molecule has 0 unspecified atom stereocenters. The van der Waals surface area contributed by atoms with Gasteiger partial charge in [-0.3, -0.25) is 0 Å². The van der Waals surface area contributed by atoms with Gasteiger partial charge in [0.2, 0.25) is 6.71 Å². The molecule has 0 aromatic carbocycles. The molecule has 0 amide bonds. The number of hydrogen-bond acceptors (Lipinski definition) is 3. The lowest BCUT2D eigenvalue weighted by molar-refractivity contribution is 0.342. The van der Waals surface area contributed by atoms with Crippen LogP contribution in [0, 0.1) is 5.92 Å². The molecule has 1 saturated heterocycles. The van der Waals surface area contributed by atoms with Gasteiger partial charge in [0.25, 0.3) is 0 Å². The van der Waals surface area contributed by atoms with Crippen molar-refractivity contribution >= 4 is 12.3 Å². The molecule has 2 rings (SSSR count). The number of aliphatic hydroxyl groups is 2. The van der Waals surface area contributed by atoms with Crippen molar-refractivity contribution in [3.05, 3.63) is 35.8 Å². The molecule has 2 fully saturated rings. The molecule has 0 aromatic rings. The van der Waals surface area contributed by atoms with Crippen LogP contribution in [0.25, 0.3) is 0 Å². The van der Waals surface area contributed by atoms with E-state index >= 15 is 0 Å². The van der Waals surface area contributed by atoms with Gasteiger partial charge in [-0.25, -0.2) is 0 Å². The van der Waals surface area contributed by atoms with Gasteiger partial charge in [0.05, 0.1) is 0 Å².